The van der Waals surface area contributed by atoms with Crippen molar-refractivity contribution >= 4 is 23.3 Å². The molecule has 1 amide bonds. The Balaban J connectivity index is 1.92. The lowest BCUT2D eigenvalue weighted by molar-refractivity contribution is -0.119. The van der Waals surface area contributed by atoms with Gasteiger partial charge in [-0.25, -0.2) is 4.79 Å². The van der Waals surface area contributed by atoms with Crippen molar-refractivity contribution in [1.82, 2.24) is 0 Å². The molecule has 0 unspecified atom stereocenters. The normalized spacial score (nSPS) is 10.3. The monoisotopic (exact) mass is 364 g/mol. The minimum atomic E-state index is -3.07. The van der Waals surface area contributed by atoms with Crippen LogP contribution in [-0.2, 0) is 9.53 Å². The van der Waals surface area contributed by atoms with E-state index in [-0.39, 0.29) is 11.3 Å². The van der Waals surface area contributed by atoms with Crippen molar-refractivity contribution < 1.29 is 27.8 Å². The van der Waals surface area contributed by atoms with Gasteiger partial charge in [-0.1, -0.05) is 12.1 Å². The molecule has 26 heavy (non-hydrogen) atoms. The molecule has 0 aromatic heterocycles. The van der Waals surface area contributed by atoms with Gasteiger partial charge in [0, 0.05) is 25.5 Å². The topological polar surface area (TPSA) is 67.9 Å². The first-order valence-corrected chi connectivity index (χ1v) is 7.65. The van der Waals surface area contributed by atoms with Gasteiger partial charge in [0.25, 0.3) is 5.91 Å². The Kier molecular flexibility index (Phi) is 6.48. The average Bonchev–Trinajstić information content (AvgIpc) is 2.60. The summed E-state index contributed by atoms with van der Waals surface area (Å²) in [6.45, 7) is -3.63. The highest BCUT2D eigenvalue weighted by atomic mass is 19.3. The second kappa shape index (κ2) is 8.80. The van der Waals surface area contributed by atoms with Crippen LogP contribution in [0.15, 0.2) is 48.5 Å². The molecule has 1 N–H and O–H groups in total. The van der Waals surface area contributed by atoms with Crippen molar-refractivity contribution in [2.45, 2.75) is 6.61 Å². The molecule has 2 aromatic rings. The highest BCUT2D eigenvalue weighted by molar-refractivity contribution is 5.96. The summed E-state index contributed by atoms with van der Waals surface area (Å²) in [4.78, 5) is 25.8. The molecule has 0 heterocycles. The number of alkyl halides is 2. The van der Waals surface area contributed by atoms with Crippen LogP contribution in [0, 0.1) is 0 Å². The molecule has 0 saturated carbocycles. The maximum absolute atomic E-state index is 12.4. The summed E-state index contributed by atoms with van der Waals surface area (Å²) in [7, 11) is 3.78. The number of nitrogens with one attached hydrogen (secondary N) is 1. The van der Waals surface area contributed by atoms with Crippen molar-refractivity contribution in [2.24, 2.45) is 0 Å². The number of hydrogen-bond acceptors (Lipinski definition) is 5. The van der Waals surface area contributed by atoms with Crippen molar-refractivity contribution in [2.75, 3.05) is 30.9 Å². The van der Waals surface area contributed by atoms with Crippen LogP contribution in [0.25, 0.3) is 0 Å². The molecular formula is C18H18F2N2O4. The summed E-state index contributed by atoms with van der Waals surface area (Å²) in [6.07, 6.45) is 0. The molecule has 0 aliphatic carbocycles. The van der Waals surface area contributed by atoms with Gasteiger partial charge in [0.15, 0.2) is 6.61 Å². The van der Waals surface area contributed by atoms with Crippen LogP contribution < -0.4 is 15.0 Å². The minimum Gasteiger partial charge on any atom is -0.452 e. The summed E-state index contributed by atoms with van der Waals surface area (Å²) in [5.41, 5.74) is 1.32. The summed E-state index contributed by atoms with van der Waals surface area (Å²) in [5.74, 6) is -1.80. The predicted molar refractivity (Wildman–Crippen MR) is 92.8 cm³/mol. The fraction of sp³-hybridized carbons (Fsp3) is 0.222. The van der Waals surface area contributed by atoms with E-state index in [0.717, 1.165) is 5.69 Å². The maximum Gasteiger partial charge on any atom is 0.387 e. The van der Waals surface area contributed by atoms with Gasteiger partial charge >= 0.3 is 12.6 Å². The summed E-state index contributed by atoms with van der Waals surface area (Å²) < 4.78 is 33.8. The second-order valence-electron chi connectivity index (χ2n) is 5.44. The highest BCUT2D eigenvalue weighted by Crippen LogP contribution is 2.21. The molecule has 0 bridgehead atoms. The lowest BCUT2D eigenvalue weighted by Crippen LogP contribution is -2.21. The van der Waals surface area contributed by atoms with Crippen LogP contribution in [-0.4, -0.2) is 39.2 Å². The molecule has 0 spiro atoms. The van der Waals surface area contributed by atoms with Crippen LogP contribution in [0.3, 0.4) is 0 Å². The smallest absolute Gasteiger partial charge is 0.387 e. The third-order valence-corrected chi connectivity index (χ3v) is 3.32. The van der Waals surface area contributed by atoms with Gasteiger partial charge in [-0.05, 0) is 36.4 Å². The summed E-state index contributed by atoms with van der Waals surface area (Å²) >= 11 is 0. The molecule has 0 aliphatic heterocycles. The Bertz CT molecular complexity index is 764. The van der Waals surface area contributed by atoms with Gasteiger partial charge < -0.3 is 19.7 Å². The SMILES string of the molecule is CN(C)c1ccc(NC(=O)COC(=O)c2ccccc2OC(F)F)cc1. The Hall–Kier alpha value is -3.16. The van der Waals surface area contributed by atoms with E-state index < -0.39 is 25.1 Å². The molecule has 2 rings (SSSR count). The molecule has 0 saturated heterocycles. The number of rotatable bonds is 7. The number of para-hydroxylation sites is 1. The van der Waals surface area contributed by atoms with E-state index in [2.05, 4.69) is 10.1 Å². The standard InChI is InChI=1S/C18H18F2N2O4/c1-22(2)13-9-7-12(8-10-13)21-16(23)11-25-17(24)14-5-3-4-6-15(14)26-18(19)20/h3-10,18H,11H2,1-2H3,(H,21,23). The van der Waals surface area contributed by atoms with E-state index in [4.69, 9.17) is 4.74 Å². The quantitative estimate of drug-likeness (QED) is 0.765. The lowest BCUT2D eigenvalue weighted by Gasteiger charge is -2.13. The molecule has 6 nitrogen and oxygen atoms in total. The van der Waals surface area contributed by atoms with Gasteiger partial charge in [0.2, 0.25) is 0 Å². The largest absolute Gasteiger partial charge is 0.452 e. The fourth-order valence-corrected chi connectivity index (χ4v) is 2.08. The molecule has 8 heteroatoms. The predicted octanol–water partition coefficient (Wildman–Crippen LogP) is 3.15. The van der Waals surface area contributed by atoms with E-state index >= 15 is 0 Å². The maximum atomic E-state index is 12.4. The molecule has 2 aromatic carbocycles. The number of hydrogen-bond donors (Lipinski definition) is 1. The number of halogens is 2. The van der Waals surface area contributed by atoms with E-state index in [1.165, 1.54) is 24.3 Å². The first kappa shape index (κ1) is 19.2. The van der Waals surface area contributed by atoms with Crippen LogP contribution in [0.5, 0.6) is 5.75 Å². The number of nitrogens with zero attached hydrogens (tertiary/aromatic N) is 1. The van der Waals surface area contributed by atoms with Crippen LogP contribution in [0.2, 0.25) is 0 Å². The van der Waals surface area contributed by atoms with Gasteiger partial charge in [-0.2, -0.15) is 8.78 Å². The van der Waals surface area contributed by atoms with Crippen molar-refractivity contribution in [3.63, 3.8) is 0 Å². The third kappa shape index (κ3) is 5.44. The Morgan fingerprint density at radius 3 is 2.35 bits per heavy atom. The van der Waals surface area contributed by atoms with Crippen LogP contribution in [0.4, 0.5) is 20.2 Å². The zero-order chi connectivity index (χ0) is 19.1. The molecule has 0 fully saturated rings. The Labute approximate surface area is 149 Å². The van der Waals surface area contributed by atoms with E-state index in [9.17, 15) is 18.4 Å². The summed E-state index contributed by atoms with van der Waals surface area (Å²) in [6, 6.07) is 12.5. The van der Waals surface area contributed by atoms with E-state index in [0.29, 0.717) is 5.69 Å². The van der Waals surface area contributed by atoms with Crippen LogP contribution >= 0.6 is 0 Å². The number of ether oxygens (including phenoxy) is 2. The van der Waals surface area contributed by atoms with Crippen molar-refractivity contribution in [3.05, 3.63) is 54.1 Å². The Morgan fingerprint density at radius 1 is 1.08 bits per heavy atom. The molecule has 0 aliphatic rings. The minimum absolute atomic E-state index is 0.184. The third-order valence-electron chi connectivity index (χ3n) is 3.32. The second-order valence-corrected chi connectivity index (χ2v) is 5.44. The number of anilines is 2. The first-order valence-electron chi connectivity index (χ1n) is 7.65. The van der Waals surface area contributed by atoms with Gasteiger partial charge in [0.05, 0.1) is 0 Å². The summed E-state index contributed by atoms with van der Waals surface area (Å²) in [5, 5.41) is 2.58. The fourth-order valence-electron chi connectivity index (χ4n) is 2.08. The number of amides is 1. The number of carbonyl (C=O) groups excluding carboxylic acids is 2. The molecular weight excluding hydrogens is 346 g/mol. The first-order chi connectivity index (χ1) is 12.4. The number of benzene rings is 2. The van der Waals surface area contributed by atoms with Crippen molar-refractivity contribution in [1.29, 1.82) is 0 Å². The Morgan fingerprint density at radius 2 is 1.73 bits per heavy atom. The highest BCUT2D eigenvalue weighted by Gasteiger charge is 2.17. The zero-order valence-corrected chi connectivity index (χ0v) is 14.2. The number of esters is 1. The van der Waals surface area contributed by atoms with E-state index in [1.54, 1.807) is 12.1 Å². The lowest BCUT2D eigenvalue weighted by atomic mass is 10.2. The zero-order valence-electron chi connectivity index (χ0n) is 14.2. The van der Waals surface area contributed by atoms with E-state index in [1.807, 2.05) is 31.1 Å². The van der Waals surface area contributed by atoms with Gasteiger partial charge in [0.1, 0.15) is 11.3 Å². The van der Waals surface area contributed by atoms with Gasteiger partial charge in [-0.3, -0.25) is 4.79 Å². The number of carbonyl (C=O) groups is 2. The average molecular weight is 364 g/mol. The molecule has 0 radical (unpaired) electrons. The van der Waals surface area contributed by atoms with Crippen LogP contribution in [0.1, 0.15) is 10.4 Å². The van der Waals surface area contributed by atoms with Crippen molar-refractivity contribution in [3.8, 4) is 5.75 Å². The molecule has 0 atom stereocenters. The molecule has 138 valence electrons. The van der Waals surface area contributed by atoms with Gasteiger partial charge in [-0.15, -0.1) is 0 Å².